The second-order valence-electron chi connectivity index (χ2n) is 11.5. The van der Waals surface area contributed by atoms with Crippen molar-refractivity contribution in [3.8, 4) is 11.5 Å². The summed E-state index contributed by atoms with van der Waals surface area (Å²) in [5, 5.41) is 5.29. The van der Waals surface area contributed by atoms with Gasteiger partial charge in [-0.25, -0.2) is 0 Å². The van der Waals surface area contributed by atoms with Gasteiger partial charge in [0.25, 0.3) is 0 Å². The van der Waals surface area contributed by atoms with Gasteiger partial charge >= 0.3 is 0 Å². The zero-order valence-corrected chi connectivity index (χ0v) is 21.5. The molecule has 4 bridgehead atoms. The Morgan fingerprint density at radius 1 is 0.939 bits per heavy atom. The van der Waals surface area contributed by atoms with E-state index in [2.05, 4.69) is 25.2 Å². The van der Waals surface area contributed by atoms with Gasteiger partial charge in [-0.2, -0.15) is 0 Å². The van der Waals surface area contributed by atoms with E-state index in [1.54, 1.807) is 0 Å². The topological polar surface area (TPSA) is 30.5 Å². The van der Waals surface area contributed by atoms with Crippen LogP contribution in [0.5, 0.6) is 11.5 Å². The molecule has 4 atom stereocenters. The quantitative estimate of drug-likeness (QED) is 0.411. The number of nitrogens with one attached hydrogen (secondary N) is 1. The van der Waals surface area contributed by atoms with Crippen molar-refractivity contribution in [3.05, 3.63) is 57.6 Å². The Bertz CT molecular complexity index is 1020. The van der Waals surface area contributed by atoms with E-state index in [4.69, 9.17) is 32.7 Å². The molecule has 4 aliphatic rings. The zero-order valence-electron chi connectivity index (χ0n) is 20.0. The molecule has 6 rings (SSSR count). The second kappa shape index (κ2) is 8.66. The van der Waals surface area contributed by atoms with Crippen molar-refractivity contribution >= 4 is 23.2 Å². The Morgan fingerprint density at radius 3 is 2.36 bits per heavy atom. The van der Waals surface area contributed by atoms with E-state index in [0.29, 0.717) is 45.6 Å². The highest BCUT2D eigenvalue weighted by Gasteiger charge is 2.59. The number of hydrogen-bond donors (Lipinski definition) is 1. The van der Waals surface area contributed by atoms with E-state index in [1.165, 1.54) is 38.5 Å². The van der Waals surface area contributed by atoms with Crippen molar-refractivity contribution in [2.24, 2.45) is 16.7 Å². The first-order valence-electron chi connectivity index (χ1n) is 12.3. The van der Waals surface area contributed by atoms with Crippen molar-refractivity contribution < 1.29 is 9.47 Å². The van der Waals surface area contributed by atoms with Gasteiger partial charge < -0.3 is 14.8 Å². The highest BCUT2D eigenvalue weighted by atomic mass is 35.5. The minimum atomic E-state index is 0.253. The molecule has 4 aliphatic carbocycles. The normalized spacial score (nSPS) is 32.2. The predicted octanol–water partition coefficient (Wildman–Crippen LogP) is 7.81. The van der Waals surface area contributed by atoms with Gasteiger partial charge in [0.15, 0.2) is 11.5 Å². The largest absolute Gasteiger partial charge is 0.490 e. The third kappa shape index (κ3) is 4.88. The molecule has 3 nitrogen and oxygen atoms in total. The molecule has 0 amide bonds. The molecule has 4 fully saturated rings. The Kier molecular flexibility index (Phi) is 6.12. The summed E-state index contributed by atoms with van der Waals surface area (Å²) in [6, 6.07) is 11.8. The molecule has 5 heteroatoms. The van der Waals surface area contributed by atoms with Crippen LogP contribution in [0.25, 0.3) is 0 Å². The number of ether oxygens (including phenoxy) is 2. The standard InChI is InChI=1S/C28H35Cl2NO2/c1-4-32-24-10-20(9-23(30)25(24)33-15-19-6-5-7-22(29)8-19)14-31-28-13-21-11-26(2,17-28)16-27(3,12-21)18-28/h5-10,21,31H,4,11-18H2,1-3H3/t21?,26-,27+,28?. The monoisotopic (exact) mass is 487 g/mol. The van der Waals surface area contributed by atoms with E-state index in [1.807, 2.05) is 37.3 Å². The molecule has 2 aromatic rings. The molecule has 0 heterocycles. The van der Waals surface area contributed by atoms with Crippen LogP contribution in [-0.4, -0.2) is 12.1 Å². The Morgan fingerprint density at radius 2 is 1.70 bits per heavy atom. The van der Waals surface area contributed by atoms with Gasteiger partial charge in [-0.15, -0.1) is 0 Å². The maximum Gasteiger partial charge on any atom is 0.180 e. The maximum absolute atomic E-state index is 6.71. The van der Waals surface area contributed by atoms with Gasteiger partial charge in [0, 0.05) is 17.1 Å². The molecule has 2 unspecified atom stereocenters. The molecule has 0 spiro atoms. The first kappa shape index (κ1) is 23.3. The maximum atomic E-state index is 6.71. The lowest BCUT2D eigenvalue weighted by atomic mass is 9.43. The highest BCUT2D eigenvalue weighted by molar-refractivity contribution is 6.32. The minimum Gasteiger partial charge on any atom is -0.490 e. The third-order valence-electron chi connectivity index (χ3n) is 7.94. The van der Waals surface area contributed by atoms with Crippen LogP contribution in [0.4, 0.5) is 0 Å². The predicted molar refractivity (Wildman–Crippen MR) is 135 cm³/mol. The van der Waals surface area contributed by atoms with Gasteiger partial charge in [-0.1, -0.05) is 49.2 Å². The van der Waals surface area contributed by atoms with Crippen molar-refractivity contribution in [2.45, 2.75) is 78.0 Å². The summed E-state index contributed by atoms with van der Waals surface area (Å²) in [4.78, 5) is 0. The molecule has 0 aliphatic heterocycles. The summed E-state index contributed by atoms with van der Waals surface area (Å²) in [7, 11) is 0. The van der Waals surface area contributed by atoms with Crippen LogP contribution >= 0.6 is 23.2 Å². The van der Waals surface area contributed by atoms with Gasteiger partial charge in [0.2, 0.25) is 0 Å². The average Bonchev–Trinajstić information content (AvgIpc) is 2.69. The lowest BCUT2D eigenvalue weighted by molar-refractivity contribution is -0.118. The molecule has 33 heavy (non-hydrogen) atoms. The summed E-state index contributed by atoms with van der Waals surface area (Å²) in [5.41, 5.74) is 3.38. The number of hydrogen-bond acceptors (Lipinski definition) is 3. The number of halogens is 2. The Balaban J connectivity index is 1.32. The molecule has 2 aromatic carbocycles. The van der Waals surface area contributed by atoms with Crippen LogP contribution in [0.1, 0.15) is 70.4 Å². The van der Waals surface area contributed by atoms with Gasteiger partial charge in [0.05, 0.1) is 11.6 Å². The minimum absolute atomic E-state index is 0.253. The van der Waals surface area contributed by atoms with E-state index in [0.717, 1.165) is 23.6 Å². The molecule has 0 aromatic heterocycles. The summed E-state index contributed by atoms with van der Waals surface area (Å²) in [6.45, 7) is 8.76. The molecule has 4 saturated carbocycles. The van der Waals surface area contributed by atoms with Crippen molar-refractivity contribution in [2.75, 3.05) is 6.61 Å². The van der Waals surface area contributed by atoms with Gasteiger partial charge in [-0.05, 0) is 97.6 Å². The summed E-state index contributed by atoms with van der Waals surface area (Å²) < 4.78 is 12.0. The van der Waals surface area contributed by atoms with Crippen molar-refractivity contribution in [1.82, 2.24) is 5.32 Å². The van der Waals surface area contributed by atoms with E-state index in [9.17, 15) is 0 Å². The van der Waals surface area contributed by atoms with E-state index < -0.39 is 0 Å². The highest BCUT2D eigenvalue weighted by Crippen LogP contribution is 2.66. The molecular formula is C28H35Cl2NO2. The van der Waals surface area contributed by atoms with Gasteiger partial charge in [-0.3, -0.25) is 0 Å². The molecule has 178 valence electrons. The molecule has 0 radical (unpaired) electrons. The summed E-state index contributed by atoms with van der Waals surface area (Å²) in [5.74, 6) is 2.17. The van der Waals surface area contributed by atoms with Crippen LogP contribution in [0, 0.1) is 16.7 Å². The Hall–Kier alpha value is -1.42. The van der Waals surface area contributed by atoms with Crippen LogP contribution in [0.2, 0.25) is 10.0 Å². The first-order chi connectivity index (χ1) is 15.7. The number of rotatable bonds is 8. The molecule has 1 N–H and O–H groups in total. The van der Waals surface area contributed by atoms with Crippen LogP contribution in [-0.2, 0) is 13.2 Å². The van der Waals surface area contributed by atoms with Crippen molar-refractivity contribution in [1.29, 1.82) is 0 Å². The van der Waals surface area contributed by atoms with Crippen LogP contribution in [0.15, 0.2) is 36.4 Å². The fourth-order valence-electron chi connectivity index (χ4n) is 7.84. The van der Waals surface area contributed by atoms with E-state index >= 15 is 0 Å². The lowest BCUT2D eigenvalue weighted by Gasteiger charge is -2.65. The fraction of sp³-hybridized carbons (Fsp3) is 0.571. The van der Waals surface area contributed by atoms with Gasteiger partial charge in [0.1, 0.15) is 6.61 Å². The zero-order chi connectivity index (χ0) is 23.3. The molecular weight excluding hydrogens is 453 g/mol. The van der Waals surface area contributed by atoms with Crippen LogP contribution < -0.4 is 14.8 Å². The van der Waals surface area contributed by atoms with Crippen LogP contribution in [0.3, 0.4) is 0 Å². The summed E-state index contributed by atoms with van der Waals surface area (Å²) >= 11 is 12.8. The smallest absolute Gasteiger partial charge is 0.180 e. The second-order valence-corrected chi connectivity index (χ2v) is 12.4. The Labute approximate surface area is 208 Å². The lowest BCUT2D eigenvalue weighted by Crippen LogP contribution is -2.63. The van der Waals surface area contributed by atoms with Crippen molar-refractivity contribution in [3.63, 3.8) is 0 Å². The fourth-order valence-corrected chi connectivity index (χ4v) is 8.34. The number of benzene rings is 2. The third-order valence-corrected chi connectivity index (χ3v) is 8.45. The SMILES string of the molecule is CCOc1cc(CNC23CC4C[C@@](C)(C2)C[C@](C)(C4)C3)cc(Cl)c1OCc1cccc(Cl)c1. The van der Waals surface area contributed by atoms with E-state index in [-0.39, 0.29) is 5.54 Å². The average molecular weight is 488 g/mol. The summed E-state index contributed by atoms with van der Waals surface area (Å²) in [6.07, 6.45) is 8.10. The first-order valence-corrected chi connectivity index (χ1v) is 13.0. The molecule has 0 saturated heterocycles.